The van der Waals surface area contributed by atoms with Gasteiger partial charge in [0.05, 0.1) is 22.6 Å². The molecule has 0 unspecified atom stereocenters. The van der Waals surface area contributed by atoms with Crippen molar-refractivity contribution in [1.29, 1.82) is 5.26 Å². The summed E-state index contributed by atoms with van der Waals surface area (Å²) in [5.41, 5.74) is 15.7. The van der Waals surface area contributed by atoms with E-state index in [-0.39, 0.29) is 17.6 Å². The number of aromatic nitrogens is 1. The van der Waals surface area contributed by atoms with Crippen molar-refractivity contribution in [1.82, 2.24) is 4.98 Å². The number of amides is 1. The van der Waals surface area contributed by atoms with Crippen LogP contribution >= 0.6 is 23.1 Å². The Morgan fingerprint density at radius 2 is 1.66 bits per heavy atom. The van der Waals surface area contributed by atoms with Crippen molar-refractivity contribution in [3.63, 3.8) is 0 Å². The lowest BCUT2D eigenvalue weighted by Gasteiger charge is -2.30. The van der Waals surface area contributed by atoms with Crippen molar-refractivity contribution in [2.75, 3.05) is 16.4 Å². The quantitative estimate of drug-likeness (QED) is 0.388. The van der Waals surface area contributed by atoms with Gasteiger partial charge in [-0.25, -0.2) is 4.98 Å². The average Bonchev–Trinajstić information content (AvgIpc) is 3.11. The molecule has 32 heavy (non-hydrogen) atoms. The highest BCUT2D eigenvalue weighted by Crippen LogP contribution is 2.50. The lowest BCUT2D eigenvalue weighted by atomic mass is 9.95. The van der Waals surface area contributed by atoms with Crippen LogP contribution in [0.5, 0.6) is 0 Å². The summed E-state index contributed by atoms with van der Waals surface area (Å²) in [5, 5.41) is 10.3. The van der Waals surface area contributed by atoms with Crippen molar-refractivity contribution < 1.29 is 4.79 Å². The van der Waals surface area contributed by atoms with E-state index in [9.17, 15) is 10.1 Å². The van der Waals surface area contributed by atoms with E-state index in [0.717, 1.165) is 26.7 Å². The molecule has 0 bridgehead atoms. The molecule has 158 valence electrons. The van der Waals surface area contributed by atoms with Crippen LogP contribution in [-0.2, 0) is 0 Å². The van der Waals surface area contributed by atoms with E-state index in [1.165, 1.54) is 11.3 Å². The van der Waals surface area contributed by atoms with Gasteiger partial charge in [-0.1, -0.05) is 49.9 Å². The van der Waals surface area contributed by atoms with E-state index in [1.807, 2.05) is 62.4 Å². The number of fused-ring (bicyclic) bond motifs is 3. The van der Waals surface area contributed by atoms with Crippen LogP contribution < -0.4 is 16.4 Å². The van der Waals surface area contributed by atoms with Crippen molar-refractivity contribution >= 4 is 62.1 Å². The van der Waals surface area contributed by atoms with Gasteiger partial charge in [0.15, 0.2) is 0 Å². The summed E-state index contributed by atoms with van der Waals surface area (Å²) in [5.74, 6) is -0.0726. The molecule has 0 spiro atoms. The predicted octanol–water partition coefficient (Wildman–Crippen LogP) is 5.90. The van der Waals surface area contributed by atoms with Crippen LogP contribution in [0, 0.1) is 11.3 Å². The number of benzene rings is 2. The number of rotatable bonds is 2. The fourth-order valence-electron chi connectivity index (χ4n) is 4.08. The molecule has 0 saturated heterocycles. The van der Waals surface area contributed by atoms with Gasteiger partial charge in [-0.05, 0) is 35.7 Å². The van der Waals surface area contributed by atoms with E-state index >= 15 is 0 Å². The maximum atomic E-state index is 14.0. The Hall–Kier alpha value is -3.54. The van der Waals surface area contributed by atoms with Crippen LogP contribution in [0.25, 0.3) is 10.2 Å². The maximum Gasteiger partial charge on any atom is 0.275 e. The van der Waals surface area contributed by atoms with Crippen LogP contribution in [0.1, 0.15) is 40.6 Å². The average molecular weight is 458 g/mol. The molecule has 2 aromatic heterocycles. The van der Waals surface area contributed by atoms with Gasteiger partial charge in [0.1, 0.15) is 21.6 Å². The first-order chi connectivity index (χ1) is 15.4. The molecule has 2 aromatic carbocycles. The number of nitriles is 1. The summed E-state index contributed by atoms with van der Waals surface area (Å²) >= 11 is 2.85. The Kier molecular flexibility index (Phi) is 4.81. The largest absolute Gasteiger partial charge is 0.397 e. The fourth-order valence-corrected chi connectivity index (χ4v) is 6.19. The maximum absolute atomic E-state index is 14.0. The first kappa shape index (κ1) is 20.4. The lowest BCUT2D eigenvalue weighted by molar-refractivity contribution is 0.100. The van der Waals surface area contributed by atoms with Gasteiger partial charge in [0.2, 0.25) is 0 Å². The Morgan fingerprint density at radius 3 is 2.22 bits per heavy atom. The zero-order valence-corrected chi connectivity index (χ0v) is 19.1. The van der Waals surface area contributed by atoms with Gasteiger partial charge >= 0.3 is 0 Å². The summed E-state index contributed by atoms with van der Waals surface area (Å²) in [4.78, 5) is 23.0. The minimum absolute atomic E-state index is 0.00913. The number of carbonyl (C=O) groups is 1. The van der Waals surface area contributed by atoms with Crippen LogP contribution in [-0.4, -0.2) is 10.9 Å². The Bertz CT molecular complexity index is 1410. The number of carbonyl (C=O) groups excluding carboxylic acids is 1. The first-order valence-corrected chi connectivity index (χ1v) is 11.7. The molecular formula is C24H19N5OS2. The lowest BCUT2D eigenvalue weighted by Crippen LogP contribution is -2.28. The molecular weight excluding hydrogens is 438 g/mol. The molecule has 5 rings (SSSR count). The highest BCUT2D eigenvalue weighted by molar-refractivity contribution is 7.99. The molecule has 8 heteroatoms. The van der Waals surface area contributed by atoms with Crippen LogP contribution in [0.2, 0.25) is 0 Å². The van der Waals surface area contributed by atoms with Gasteiger partial charge in [0, 0.05) is 15.2 Å². The standard InChI is InChI=1S/C24H19N5OS2/c1-12(2)18-13(11-25)22(27)28-23-19(18)20(26)21(32-23)24(30)29-14-7-3-5-9-16(14)31-17-10-6-4-8-15(17)29/h3-10,12H,26H2,1-2H3,(H2,27,28). The minimum Gasteiger partial charge on any atom is -0.397 e. The molecule has 1 amide bonds. The van der Waals surface area contributed by atoms with Crippen molar-refractivity contribution in [3.05, 3.63) is 64.5 Å². The third-order valence-corrected chi connectivity index (χ3v) is 7.68. The van der Waals surface area contributed by atoms with Crippen LogP contribution in [0.3, 0.4) is 0 Å². The number of pyridine rings is 1. The molecule has 0 atom stereocenters. The number of thiophene rings is 1. The van der Waals surface area contributed by atoms with Crippen molar-refractivity contribution in [3.8, 4) is 6.07 Å². The van der Waals surface area contributed by atoms with Crippen LogP contribution in [0.4, 0.5) is 22.9 Å². The minimum atomic E-state index is -0.225. The zero-order valence-electron chi connectivity index (χ0n) is 17.4. The van der Waals surface area contributed by atoms with E-state index in [4.69, 9.17) is 11.5 Å². The zero-order chi connectivity index (χ0) is 22.6. The van der Waals surface area contributed by atoms with Gasteiger partial charge in [-0.15, -0.1) is 11.3 Å². The molecule has 4 N–H and O–H groups in total. The Balaban J connectivity index is 1.75. The van der Waals surface area contributed by atoms with Gasteiger partial charge in [-0.3, -0.25) is 9.69 Å². The Morgan fingerprint density at radius 1 is 1.06 bits per heavy atom. The number of para-hydroxylation sites is 2. The van der Waals surface area contributed by atoms with E-state index < -0.39 is 0 Å². The van der Waals surface area contributed by atoms with Gasteiger partial charge in [-0.2, -0.15) is 5.26 Å². The summed E-state index contributed by atoms with van der Waals surface area (Å²) < 4.78 is 0. The SMILES string of the molecule is CC(C)c1c(C#N)c(N)nc2sc(C(=O)N3c4ccccc4Sc4ccccc43)c(N)c12. The highest BCUT2D eigenvalue weighted by atomic mass is 32.2. The topological polar surface area (TPSA) is 109 Å². The number of hydrogen-bond donors (Lipinski definition) is 2. The molecule has 0 fully saturated rings. The molecule has 0 saturated carbocycles. The number of anilines is 4. The van der Waals surface area contributed by atoms with Crippen molar-refractivity contribution in [2.24, 2.45) is 0 Å². The molecule has 0 aliphatic carbocycles. The van der Waals surface area contributed by atoms with Gasteiger partial charge < -0.3 is 11.5 Å². The van der Waals surface area contributed by atoms with Crippen LogP contribution in [0.15, 0.2) is 58.3 Å². The first-order valence-electron chi connectivity index (χ1n) is 10.0. The third-order valence-electron chi connectivity index (χ3n) is 5.46. The molecule has 3 heterocycles. The second-order valence-electron chi connectivity index (χ2n) is 7.76. The molecule has 6 nitrogen and oxygen atoms in total. The Labute approximate surface area is 193 Å². The normalized spacial score (nSPS) is 12.5. The molecule has 4 aromatic rings. The van der Waals surface area contributed by atoms with Gasteiger partial charge in [0.25, 0.3) is 5.91 Å². The second kappa shape index (κ2) is 7.55. The summed E-state index contributed by atoms with van der Waals surface area (Å²) in [7, 11) is 0. The second-order valence-corrected chi connectivity index (χ2v) is 9.84. The smallest absolute Gasteiger partial charge is 0.275 e. The highest BCUT2D eigenvalue weighted by Gasteiger charge is 2.32. The number of nitrogens with zero attached hydrogens (tertiary/aromatic N) is 3. The van der Waals surface area contributed by atoms with E-state index in [2.05, 4.69) is 11.1 Å². The predicted molar refractivity (Wildman–Crippen MR) is 131 cm³/mol. The number of hydrogen-bond acceptors (Lipinski definition) is 7. The number of nitrogen functional groups attached to an aromatic ring is 2. The molecule has 1 aliphatic rings. The third kappa shape index (κ3) is 2.93. The van der Waals surface area contributed by atoms with E-state index in [1.54, 1.807) is 16.7 Å². The van der Waals surface area contributed by atoms with E-state index in [0.29, 0.717) is 26.3 Å². The monoisotopic (exact) mass is 457 g/mol. The molecule has 1 aliphatic heterocycles. The summed E-state index contributed by atoms with van der Waals surface area (Å²) in [6.07, 6.45) is 0. The van der Waals surface area contributed by atoms with Crippen molar-refractivity contribution in [2.45, 2.75) is 29.6 Å². The summed E-state index contributed by atoms with van der Waals surface area (Å²) in [6, 6.07) is 17.8. The number of nitrogens with two attached hydrogens (primary N) is 2. The molecule has 0 radical (unpaired) electrons. The fraction of sp³-hybridized carbons (Fsp3) is 0.125. The summed E-state index contributed by atoms with van der Waals surface area (Å²) in [6.45, 7) is 3.95.